The molecule has 0 saturated carbocycles. The number of rotatable bonds is 3. The third-order valence-corrected chi connectivity index (χ3v) is 13.8. The van der Waals surface area contributed by atoms with Gasteiger partial charge in [-0.2, -0.15) is 0 Å². The number of fused-ring (bicyclic) bond motifs is 14. The minimum absolute atomic E-state index is 0.834. The van der Waals surface area contributed by atoms with Gasteiger partial charge in [0, 0.05) is 26.7 Å². The largest absolute Gasteiger partial charge is 0.309 e. The summed E-state index contributed by atoms with van der Waals surface area (Å²) >= 11 is 0. The molecule has 0 N–H and O–H groups in total. The van der Waals surface area contributed by atoms with Gasteiger partial charge in [0.1, 0.15) is 5.65 Å². The van der Waals surface area contributed by atoms with Crippen LogP contribution in [-0.4, -0.2) is 9.38 Å². The maximum atomic E-state index is 15.9. The molecule has 0 fully saturated rings. The van der Waals surface area contributed by atoms with E-state index in [0.29, 0.717) is 0 Å². The lowest BCUT2D eigenvalue weighted by molar-refractivity contribution is 0.592. The van der Waals surface area contributed by atoms with Crippen molar-refractivity contribution < 1.29 is 4.57 Å². The normalized spacial score (nSPS) is 13.8. The van der Waals surface area contributed by atoms with Gasteiger partial charge in [-0.05, 0) is 92.0 Å². The lowest BCUT2D eigenvalue weighted by Gasteiger charge is -2.22. The van der Waals surface area contributed by atoms with Gasteiger partial charge in [-0.15, -0.1) is 0 Å². The lowest BCUT2D eigenvalue weighted by Crippen LogP contribution is -2.25. The predicted octanol–water partition coefficient (Wildman–Crippen LogP) is 10.3. The van der Waals surface area contributed by atoms with Crippen molar-refractivity contribution in [3.05, 3.63) is 175 Å². The Hall–Kier alpha value is -6.02. The van der Waals surface area contributed by atoms with Crippen molar-refractivity contribution in [2.45, 2.75) is 6.42 Å². The predicted molar refractivity (Wildman–Crippen MR) is 210 cm³/mol. The summed E-state index contributed by atoms with van der Waals surface area (Å²) in [5, 5.41) is 10.6. The fourth-order valence-corrected chi connectivity index (χ4v) is 11.1. The average molecular weight is 657 g/mol. The molecule has 8 aromatic carbocycles. The molecule has 0 radical (unpaired) electrons. The van der Waals surface area contributed by atoms with Crippen LogP contribution in [0.1, 0.15) is 11.1 Å². The third kappa shape index (κ3) is 3.81. The van der Waals surface area contributed by atoms with Gasteiger partial charge in [-0.3, -0.25) is 4.40 Å². The third-order valence-electron chi connectivity index (χ3n) is 10.8. The Morgan fingerprint density at radius 2 is 1.22 bits per heavy atom. The molecule has 2 heterocycles. The Bertz CT molecular complexity index is 3100. The summed E-state index contributed by atoms with van der Waals surface area (Å²) in [6, 6.07) is 57.5. The van der Waals surface area contributed by atoms with Gasteiger partial charge in [0.25, 0.3) is 0 Å². The molecule has 234 valence electrons. The number of para-hydroxylation sites is 2. The Kier molecular flexibility index (Phi) is 5.71. The average Bonchev–Trinajstić information content (AvgIpc) is 3.75. The first-order valence-electron chi connectivity index (χ1n) is 17.1. The first kappa shape index (κ1) is 27.9. The summed E-state index contributed by atoms with van der Waals surface area (Å²) in [6.07, 6.45) is 0.909. The van der Waals surface area contributed by atoms with E-state index in [2.05, 4.69) is 138 Å². The van der Waals surface area contributed by atoms with E-state index in [4.69, 9.17) is 4.98 Å². The number of hydrogen-bond donors (Lipinski definition) is 0. The van der Waals surface area contributed by atoms with Gasteiger partial charge < -0.3 is 4.57 Å². The standard InChI is InChI=1S/C46H29N2OP/c49-50(34-12-2-1-3-13-34,36-22-19-32-24-31-11-5-6-14-37(31)40(32)28-36)35-21-18-30-26-41-39-23-20-29-10-4-7-15-38(29)45(39)46-47-42-16-8-9-17-43(42)48(46)44(41)27-33(30)25-35/h1-23,25-28H,24H2. The van der Waals surface area contributed by atoms with E-state index >= 15 is 4.57 Å². The zero-order valence-corrected chi connectivity index (χ0v) is 27.9. The Labute approximate surface area is 288 Å². The van der Waals surface area contributed by atoms with Crippen molar-refractivity contribution in [2.24, 2.45) is 0 Å². The second kappa shape index (κ2) is 10.2. The highest BCUT2D eigenvalue weighted by Crippen LogP contribution is 2.46. The van der Waals surface area contributed by atoms with E-state index < -0.39 is 7.14 Å². The van der Waals surface area contributed by atoms with E-state index in [1.165, 1.54) is 43.8 Å². The summed E-state index contributed by atoms with van der Waals surface area (Å²) < 4.78 is 18.2. The molecule has 2 aromatic heterocycles. The van der Waals surface area contributed by atoms with Gasteiger partial charge in [-0.1, -0.05) is 127 Å². The highest BCUT2D eigenvalue weighted by Gasteiger charge is 2.32. The quantitative estimate of drug-likeness (QED) is 0.108. The van der Waals surface area contributed by atoms with Crippen molar-refractivity contribution in [3.8, 4) is 11.1 Å². The highest BCUT2D eigenvalue weighted by molar-refractivity contribution is 7.85. The summed E-state index contributed by atoms with van der Waals surface area (Å²) in [5.74, 6) is 0. The minimum Gasteiger partial charge on any atom is -0.309 e. The number of hydrogen-bond acceptors (Lipinski definition) is 2. The van der Waals surface area contributed by atoms with Crippen molar-refractivity contribution in [3.63, 3.8) is 0 Å². The topological polar surface area (TPSA) is 34.4 Å². The number of nitrogens with zero attached hydrogens (tertiary/aromatic N) is 2. The number of imidazole rings is 1. The van der Waals surface area contributed by atoms with E-state index in [0.717, 1.165) is 60.7 Å². The van der Waals surface area contributed by atoms with Crippen LogP contribution in [0.2, 0.25) is 0 Å². The van der Waals surface area contributed by atoms with Crippen molar-refractivity contribution in [1.82, 2.24) is 9.38 Å². The molecule has 0 spiro atoms. The lowest BCUT2D eigenvalue weighted by atomic mass is 9.98. The smallest absolute Gasteiger partial charge is 0.171 e. The molecule has 1 unspecified atom stereocenters. The second-order valence-corrected chi connectivity index (χ2v) is 16.3. The fraction of sp³-hybridized carbons (Fsp3) is 0.0217. The van der Waals surface area contributed by atoms with Crippen LogP contribution in [0.5, 0.6) is 0 Å². The van der Waals surface area contributed by atoms with Gasteiger partial charge in [0.2, 0.25) is 0 Å². The van der Waals surface area contributed by atoms with Crippen LogP contribution in [0.3, 0.4) is 0 Å². The zero-order chi connectivity index (χ0) is 33.0. The van der Waals surface area contributed by atoms with Crippen molar-refractivity contribution in [1.29, 1.82) is 0 Å². The first-order chi connectivity index (χ1) is 24.6. The SMILES string of the molecule is O=P(c1ccccc1)(c1ccc2c(c1)-c1ccccc1C2)c1ccc2cc3c4ccc5ccccc5c4c4nc5ccccc5n4c3cc2c1. The molecule has 1 atom stereocenters. The molecule has 0 saturated heterocycles. The van der Waals surface area contributed by atoms with E-state index in [1.807, 2.05) is 30.3 Å². The van der Waals surface area contributed by atoms with Crippen LogP contribution in [-0.2, 0) is 11.0 Å². The summed E-state index contributed by atoms with van der Waals surface area (Å²) in [7, 11) is -3.25. The molecular weight excluding hydrogens is 627 g/mol. The number of aromatic nitrogens is 2. The number of pyridine rings is 1. The van der Waals surface area contributed by atoms with Crippen LogP contribution in [0.4, 0.5) is 0 Å². The van der Waals surface area contributed by atoms with E-state index in [1.54, 1.807) is 0 Å². The monoisotopic (exact) mass is 656 g/mol. The van der Waals surface area contributed by atoms with Crippen molar-refractivity contribution in [2.75, 3.05) is 0 Å². The summed E-state index contributed by atoms with van der Waals surface area (Å²) in [4.78, 5) is 5.22. The molecule has 4 heteroatoms. The Morgan fingerprint density at radius 3 is 2.16 bits per heavy atom. The molecule has 11 rings (SSSR count). The van der Waals surface area contributed by atoms with Crippen LogP contribution >= 0.6 is 7.14 Å². The molecule has 0 bridgehead atoms. The van der Waals surface area contributed by atoms with Gasteiger partial charge >= 0.3 is 0 Å². The molecule has 3 nitrogen and oxygen atoms in total. The Balaban J connectivity index is 1.20. The van der Waals surface area contributed by atoms with Gasteiger partial charge in [-0.25, -0.2) is 4.98 Å². The molecule has 0 aliphatic heterocycles. The maximum Gasteiger partial charge on any atom is 0.171 e. The molecule has 0 amide bonds. The maximum absolute atomic E-state index is 15.9. The molecule has 1 aliphatic carbocycles. The van der Waals surface area contributed by atoms with E-state index in [9.17, 15) is 0 Å². The van der Waals surface area contributed by atoms with Gasteiger partial charge in [0.05, 0.1) is 16.6 Å². The zero-order valence-electron chi connectivity index (χ0n) is 27.0. The number of benzene rings is 8. The second-order valence-electron chi connectivity index (χ2n) is 13.5. The van der Waals surface area contributed by atoms with Crippen LogP contribution in [0.15, 0.2) is 164 Å². The van der Waals surface area contributed by atoms with Gasteiger partial charge in [0.15, 0.2) is 7.14 Å². The van der Waals surface area contributed by atoms with Crippen LogP contribution in [0, 0.1) is 0 Å². The first-order valence-corrected chi connectivity index (χ1v) is 18.8. The van der Waals surface area contributed by atoms with Crippen LogP contribution in [0.25, 0.3) is 71.0 Å². The van der Waals surface area contributed by atoms with Crippen molar-refractivity contribution >= 4 is 83.0 Å². The molecule has 1 aliphatic rings. The van der Waals surface area contributed by atoms with E-state index in [-0.39, 0.29) is 0 Å². The molecule has 10 aromatic rings. The molecule has 50 heavy (non-hydrogen) atoms. The highest BCUT2D eigenvalue weighted by atomic mass is 31.2. The minimum atomic E-state index is -3.25. The summed E-state index contributed by atoms with van der Waals surface area (Å²) in [6.45, 7) is 0. The Morgan fingerprint density at radius 1 is 0.480 bits per heavy atom. The molecular formula is C46H29N2OP. The van der Waals surface area contributed by atoms with Crippen LogP contribution < -0.4 is 15.9 Å². The summed E-state index contributed by atoms with van der Waals surface area (Å²) in [5.41, 5.74) is 9.13. The fourth-order valence-electron chi connectivity index (χ4n) is 8.44.